The Bertz CT molecular complexity index is 1130. The zero-order valence-electron chi connectivity index (χ0n) is 16.1. The Morgan fingerprint density at radius 2 is 1.93 bits per heavy atom. The van der Waals surface area contributed by atoms with Gasteiger partial charge in [-0.05, 0) is 25.0 Å². The third-order valence-corrected chi connectivity index (χ3v) is 6.48. The SMILES string of the molecule is O=C(Cc1csc(-c2ccccc2)n1)N1CCC[C@@H]1Cn1cnc2ccccc21. The molecule has 5 nitrogen and oxygen atoms in total. The number of aromatic nitrogens is 3. The van der Waals surface area contributed by atoms with Crippen LogP contribution in [0, 0.1) is 0 Å². The van der Waals surface area contributed by atoms with Gasteiger partial charge in [-0.1, -0.05) is 42.5 Å². The molecule has 4 aromatic rings. The van der Waals surface area contributed by atoms with Crippen molar-refractivity contribution in [3.63, 3.8) is 0 Å². The second kappa shape index (κ2) is 7.79. The van der Waals surface area contributed by atoms with Crippen LogP contribution in [0.1, 0.15) is 18.5 Å². The lowest BCUT2D eigenvalue weighted by atomic mass is 10.2. The first-order valence-electron chi connectivity index (χ1n) is 9.97. The van der Waals surface area contributed by atoms with Crippen LogP contribution in [0.3, 0.4) is 0 Å². The molecular formula is C23H22N4OS. The molecule has 0 spiro atoms. The van der Waals surface area contributed by atoms with Gasteiger partial charge in [0.25, 0.3) is 0 Å². The van der Waals surface area contributed by atoms with E-state index in [0.29, 0.717) is 6.42 Å². The van der Waals surface area contributed by atoms with Crippen molar-refractivity contribution in [3.8, 4) is 10.6 Å². The van der Waals surface area contributed by atoms with Gasteiger partial charge >= 0.3 is 0 Å². The molecule has 1 amide bonds. The molecule has 2 aromatic carbocycles. The molecule has 0 bridgehead atoms. The number of nitrogens with zero attached hydrogens (tertiary/aromatic N) is 4. The minimum Gasteiger partial charge on any atom is -0.338 e. The smallest absolute Gasteiger partial charge is 0.228 e. The van der Waals surface area contributed by atoms with Crippen LogP contribution >= 0.6 is 11.3 Å². The molecule has 0 aliphatic carbocycles. The Morgan fingerprint density at radius 1 is 1.10 bits per heavy atom. The number of carbonyl (C=O) groups excluding carboxylic acids is 1. The number of hydrogen-bond acceptors (Lipinski definition) is 4. The molecule has 29 heavy (non-hydrogen) atoms. The maximum atomic E-state index is 13.0. The number of benzene rings is 2. The number of hydrogen-bond donors (Lipinski definition) is 0. The van der Waals surface area contributed by atoms with Crippen LogP contribution in [0.15, 0.2) is 66.3 Å². The van der Waals surface area contributed by atoms with E-state index in [-0.39, 0.29) is 11.9 Å². The van der Waals surface area contributed by atoms with Crippen LogP contribution in [-0.4, -0.2) is 37.9 Å². The van der Waals surface area contributed by atoms with Crippen molar-refractivity contribution in [1.29, 1.82) is 0 Å². The highest BCUT2D eigenvalue weighted by Gasteiger charge is 2.29. The van der Waals surface area contributed by atoms with E-state index in [4.69, 9.17) is 0 Å². The molecule has 0 unspecified atom stereocenters. The van der Waals surface area contributed by atoms with E-state index in [1.165, 1.54) is 0 Å². The van der Waals surface area contributed by atoms with Gasteiger partial charge in [0.05, 0.1) is 29.5 Å². The van der Waals surface area contributed by atoms with Crippen molar-refractivity contribution in [3.05, 3.63) is 72.0 Å². The summed E-state index contributed by atoms with van der Waals surface area (Å²) in [6.45, 7) is 1.62. The summed E-state index contributed by atoms with van der Waals surface area (Å²) in [4.78, 5) is 24.2. The third-order valence-electron chi connectivity index (χ3n) is 5.54. The molecule has 1 aliphatic heterocycles. The number of thiazole rings is 1. The summed E-state index contributed by atoms with van der Waals surface area (Å²) >= 11 is 1.60. The molecule has 5 rings (SSSR count). The van der Waals surface area contributed by atoms with Crippen molar-refractivity contribution >= 4 is 28.3 Å². The lowest BCUT2D eigenvalue weighted by Gasteiger charge is -2.25. The van der Waals surface area contributed by atoms with Crippen molar-refractivity contribution in [1.82, 2.24) is 19.4 Å². The average molecular weight is 403 g/mol. The van der Waals surface area contributed by atoms with E-state index in [0.717, 1.165) is 53.2 Å². The molecule has 1 atom stereocenters. The molecule has 6 heteroatoms. The van der Waals surface area contributed by atoms with Gasteiger partial charge in [0, 0.05) is 30.1 Å². The van der Waals surface area contributed by atoms with Gasteiger partial charge in [-0.2, -0.15) is 0 Å². The number of imidazole rings is 1. The molecule has 0 N–H and O–H groups in total. The zero-order chi connectivity index (χ0) is 19.6. The number of likely N-dealkylation sites (tertiary alicyclic amines) is 1. The van der Waals surface area contributed by atoms with Gasteiger partial charge in [0.1, 0.15) is 5.01 Å². The quantitative estimate of drug-likeness (QED) is 0.497. The molecule has 0 radical (unpaired) electrons. The summed E-state index contributed by atoms with van der Waals surface area (Å²) in [6.07, 6.45) is 4.34. The summed E-state index contributed by atoms with van der Waals surface area (Å²) in [5, 5.41) is 2.98. The Balaban J connectivity index is 1.29. The summed E-state index contributed by atoms with van der Waals surface area (Å²) in [5.41, 5.74) is 4.08. The fourth-order valence-electron chi connectivity index (χ4n) is 4.09. The first-order valence-corrected chi connectivity index (χ1v) is 10.8. The Morgan fingerprint density at radius 3 is 2.83 bits per heavy atom. The number of carbonyl (C=O) groups is 1. The van der Waals surface area contributed by atoms with E-state index in [9.17, 15) is 4.79 Å². The lowest BCUT2D eigenvalue weighted by Crippen LogP contribution is -2.38. The van der Waals surface area contributed by atoms with Crippen LogP contribution in [0.2, 0.25) is 0 Å². The van der Waals surface area contributed by atoms with Crippen molar-refractivity contribution in [2.24, 2.45) is 0 Å². The Labute approximate surface area is 173 Å². The van der Waals surface area contributed by atoms with E-state index in [1.54, 1.807) is 11.3 Å². The van der Waals surface area contributed by atoms with Gasteiger partial charge in [0.2, 0.25) is 5.91 Å². The molecule has 1 saturated heterocycles. The summed E-state index contributed by atoms with van der Waals surface area (Å²) in [5.74, 6) is 0.168. The van der Waals surface area contributed by atoms with Gasteiger partial charge in [0.15, 0.2) is 0 Å². The zero-order valence-corrected chi connectivity index (χ0v) is 16.9. The maximum Gasteiger partial charge on any atom is 0.228 e. The predicted molar refractivity (Wildman–Crippen MR) is 116 cm³/mol. The molecule has 3 heterocycles. The predicted octanol–water partition coefficient (Wildman–Crippen LogP) is 4.39. The topological polar surface area (TPSA) is 51.0 Å². The van der Waals surface area contributed by atoms with Crippen molar-refractivity contribution in [2.75, 3.05) is 6.54 Å². The van der Waals surface area contributed by atoms with Gasteiger partial charge in [-0.15, -0.1) is 11.3 Å². The minimum absolute atomic E-state index is 0.168. The number of amides is 1. The molecular weight excluding hydrogens is 380 g/mol. The van der Waals surface area contributed by atoms with Gasteiger partial charge in [-0.25, -0.2) is 9.97 Å². The standard InChI is InChI=1S/C23H22N4OS/c28-22(13-18-15-29-23(25-18)17-7-2-1-3-8-17)27-12-6-9-19(27)14-26-16-24-20-10-4-5-11-21(20)26/h1-5,7-8,10-11,15-16,19H,6,9,12-14H2/t19-/m1/s1. The Kier molecular flexibility index (Phi) is 4.86. The fraction of sp³-hybridized carbons (Fsp3) is 0.261. The Hall–Kier alpha value is -2.99. The molecule has 0 saturated carbocycles. The van der Waals surface area contributed by atoms with Gasteiger partial charge in [-0.3, -0.25) is 4.79 Å². The van der Waals surface area contributed by atoms with Crippen LogP contribution in [0.5, 0.6) is 0 Å². The second-order valence-corrected chi connectivity index (χ2v) is 8.31. The number of para-hydroxylation sites is 2. The lowest BCUT2D eigenvalue weighted by molar-refractivity contribution is -0.131. The van der Waals surface area contributed by atoms with Crippen LogP contribution < -0.4 is 0 Å². The average Bonchev–Trinajstić information content (AvgIpc) is 3.49. The van der Waals surface area contributed by atoms with Crippen molar-refractivity contribution < 1.29 is 4.79 Å². The first-order chi connectivity index (χ1) is 14.3. The van der Waals surface area contributed by atoms with Crippen LogP contribution in [-0.2, 0) is 17.8 Å². The van der Waals surface area contributed by atoms with E-state index < -0.39 is 0 Å². The number of fused-ring (bicyclic) bond motifs is 1. The monoisotopic (exact) mass is 402 g/mol. The van der Waals surface area contributed by atoms with E-state index >= 15 is 0 Å². The van der Waals surface area contributed by atoms with E-state index in [1.807, 2.05) is 53.0 Å². The highest BCUT2D eigenvalue weighted by Crippen LogP contribution is 2.25. The molecule has 1 aliphatic rings. The highest BCUT2D eigenvalue weighted by molar-refractivity contribution is 7.13. The van der Waals surface area contributed by atoms with Gasteiger partial charge < -0.3 is 9.47 Å². The highest BCUT2D eigenvalue weighted by atomic mass is 32.1. The third kappa shape index (κ3) is 3.68. The van der Waals surface area contributed by atoms with Crippen LogP contribution in [0.25, 0.3) is 21.6 Å². The largest absolute Gasteiger partial charge is 0.338 e. The minimum atomic E-state index is 0.168. The molecule has 146 valence electrons. The second-order valence-electron chi connectivity index (χ2n) is 7.46. The van der Waals surface area contributed by atoms with Crippen LogP contribution in [0.4, 0.5) is 0 Å². The summed E-state index contributed by atoms with van der Waals surface area (Å²) < 4.78 is 2.17. The van der Waals surface area contributed by atoms with E-state index in [2.05, 4.69) is 32.7 Å². The fourth-order valence-corrected chi connectivity index (χ4v) is 4.92. The normalized spacial score (nSPS) is 16.6. The summed E-state index contributed by atoms with van der Waals surface area (Å²) in [7, 11) is 0. The van der Waals surface area contributed by atoms with Crippen molar-refractivity contribution in [2.45, 2.75) is 31.8 Å². The first kappa shape index (κ1) is 18.1. The number of rotatable bonds is 5. The molecule has 2 aromatic heterocycles. The molecule has 1 fully saturated rings. The maximum absolute atomic E-state index is 13.0. The summed E-state index contributed by atoms with van der Waals surface area (Å²) in [6, 6.07) is 18.5.